The molecule has 28 heavy (non-hydrogen) atoms. The molecule has 4 nitrogen and oxygen atoms in total. The van der Waals surface area contributed by atoms with Gasteiger partial charge in [0, 0.05) is 12.2 Å². The Kier molecular flexibility index (Phi) is 11.8. The second-order valence-electron chi connectivity index (χ2n) is 8.53. The van der Waals surface area contributed by atoms with Gasteiger partial charge in [0.05, 0.1) is 12.5 Å². The third kappa shape index (κ3) is 8.65. The van der Waals surface area contributed by atoms with Gasteiger partial charge in [-0.25, -0.2) is 4.79 Å². The average Bonchev–Trinajstić information content (AvgIpc) is 2.98. The largest absolute Gasteiger partial charge is 0.458 e. The van der Waals surface area contributed by atoms with E-state index in [1.807, 2.05) is 0 Å². The van der Waals surface area contributed by atoms with Crippen LogP contribution in [0.1, 0.15) is 103 Å². The maximum atomic E-state index is 11.9. The van der Waals surface area contributed by atoms with Crippen molar-refractivity contribution in [2.75, 3.05) is 13.2 Å². The zero-order chi connectivity index (χ0) is 20.0. The first-order valence-electron chi connectivity index (χ1n) is 11.9. The molecule has 2 rings (SSSR count). The van der Waals surface area contributed by atoms with Crippen molar-refractivity contribution in [1.82, 2.24) is 0 Å². The Labute approximate surface area is 172 Å². The second-order valence-corrected chi connectivity index (χ2v) is 8.53. The van der Waals surface area contributed by atoms with Gasteiger partial charge in [-0.2, -0.15) is 0 Å². The summed E-state index contributed by atoms with van der Waals surface area (Å²) in [5, 5.41) is 0. The highest BCUT2D eigenvalue weighted by atomic mass is 16.7. The molecule has 2 heterocycles. The van der Waals surface area contributed by atoms with Gasteiger partial charge in [-0.1, -0.05) is 77.7 Å². The van der Waals surface area contributed by atoms with Crippen molar-refractivity contribution >= 4 is 5.97 Å². The van der Waals surface area contributed by atoms with Gasteiger partial charge in [0.2, 0.25) is 0 Å². The van der Waals surface area contributed by atoms with Gasteiger partial charge in [0.1, 0.15) is 6.10 Å². The highest BCUT2D eigenvalue weighted by molar-refractivity contribution is 5.90. The zero-order valence-electron chi connectivity index (χ0n) is 18.1. The van der Waals surface area contributed by atoms with E-state index < -0.39 is 0 Å². The molecule has 0 N–H and O–H groups in total. The molecule has 0 aromatic carbocycles. The monoisotopic (exact) mass is 394 g/mol. The molecule has 2 fully saturated rings. The molecule has 0 saturated carbocycles. The summed E-state index contributed by atoms with van der Waals surface area (Å²) in [6.07, 6.45) is 18.5. The Hall–Kier alpha value is -0.870. The predicted octanol–water partition coefficient (Wildman–Crippen LogP) is 6.33. The van der Waals surface area contributed by atoms with Crippen LogP contribution in [-0.4, -0.2) is 31.6 Å². The van der Waals surface area contributed by atoms with Crippen LogP contribution < -0.4 is 0 Å². The molecule has 0 aromatic rings. The first-order valence-corrected chi connectivity index (χ1v) is 11.9. The van der Waals surface area contributed by atoms with Gasteiger partial charge < -0.3 is 14.2 Å². The Morgan fingerprint density at radius 1 is 0.964 bits per heavy atom. The molecule has 0 aliphatic carbocycles. The lowest BCUT2D eigenvalue weighted by Crippen LogP contribution is -2.28. The van der Waals surface area contributed by atoms with E-state index in [0.717, 1.165) is 38.7 Å². The molecule has 162 valence electrons. The third-order valence-corrected chi connectivity index (χ3v) is 6.11. The van der Waals surface area contributed by atoms with Crippen molar-refractivity contribution < 1.29 is 19.0 Å². The fourth-order valence-electron chi connectivity index (χ4n) is 4.20. The van der Waals surface area contributed by atoms with Crippen molar-refractivity contribution in [2.24, 2.45) is 5.92 Å². The molecule has 0 bridgehead atoms. The fourth-order valence-corrected chi connectivity index (χ4v) is 4.20. The molecular weight excluding hydrogens is 352 g/mol. The number of hydrogen-bond acceptors (Lipinski definition) is 4. The summed E-state index contributed by atoms with van der Waals surface area (Å²) in [5.74, 6) is -0.257. The van der Waals surface area contributed by atoms with E-state index in [4.69, 9.17) is 14.2 Å². The normalized spacial score (nSPS) is 25.2. The molecule has 2 aliphatic rings. The van der Waals surface area contributed by atoms with Gasteiger partial charge in [0.25, 0.3) is 0 Å². The van der Waals surface area contributed by atoms with Gasteiger partial charge in [0.15, 0.2) is 6.29 Å². The van der Waals surface area contributed by atoms with Crippen LogP contribution in [0.15, 0.2) is 12.2 Å². The van der Waals surface area contributed by atoms with E-state index >= 15 is 0 Å². The number of cyclic esters (lactones) is 1. The summed E-state index contributed by atoms with van der Waals surface area (Å²) < 4.78 is 17.1. The van der Waals surface area contributed by atoms with E-state index in [-0.39, 0.29) is 24.3 Å². The summed E-state index contributed by atoms with van der Waals surface area (Å²) in [5.41, 5.74) is 0.573. The van der Waals surface area contributed by atoms with Gasteiger partial charge in [-0.15, -0.1) is 0 Å². The number of ether oxygens (including phenoxy) is 3. The van der Waals surface area contributed by atoms with Crippen LogP contribution in [0.3, 0.4) is 0 Å². The minimum atomic E-state index is -0.244. The fraction of sp³-hybridized carbons (Fsp3) is 0.875. The lowest BCUT2D eigenvalue weighted by Gasteiger charge is -2.25. The number of hydrogen-bond donors (Lipinski definition) is 0. The van der Waals surface area contributed by atoms with Crippen molar-refractivity contribution in [3.63, 3.8) is 0 Å². The first kappa shape index (κ1) is 23.4. The van der Waals surface area contributed by atoms with Gasteiger partial charge in [-0.3, -0.25) is 0 Å². The smallest absolute Gasteiger partial charge is 0.334 e. The standard InChI is InChI=1S/C24H42O4/c1-3-4-5-6-7-8-9-10-11-12-13-16-22-21(20(2)24(25)28-22)19-27-23-17-14-15-18-26-23/h21-23H,2-19H2,1H3/t21-,22+,23?/m0/s1. The van der Waals surface area contributed by atoms with Crippen LogP contribution >= 0.6 is 0 Å². The lowest BCUT2D eigenvalue weighted by atomic mass is 9.94. The summed E-state index contributed by atoms with van der Waals surface area (Å²) >= 11 is 0. The Bertz CT molecular complexity index is 442. The van der Waals surface area contributed by atoms with E-state index in [9.17, 15) is 4.79 Å². The SMILES string of the molecule is C=C1C(=O)O[C@H](CCCCCCCCCCCCC)[C@H]1COC1CCCCO1. The Morgan fingerprint density at radius 3 is 2.21 bits per heavy atom. The Balaban J connectivity index is 1.53. The highest BCUT2D eigenvalue weighted by Gasteiger charge is 2.38. The van der Waals surface area contributed by atoms with Crippen LogP contribution in [0.4, 0.5) is 0 Å². The van der Waals surface area contributed by atoms with Crippen molar-refractivity contribution in [2.45, 2.75) is 116 Å². The maximum Gasteiger partial charge on any atom is 0.334 e. The predicted molar refractivity (Wildman–Crippen MR) is 113 cm³/mol. The van der Waals surface area contributed by atoms with Crippen LogP contribution in [0.25, 0.3) is 0 Å². The number of carbonyl (C=O) groups excluding carboxylic acids is 1. The van der Waals surface area contributed by atoms with E-state index in [1.165, 1.54) is 64.2 Å². The minimum Gasteiger partial charge on any atom is -0.458 e. The average molecular weight is 395 g/mol. The summed E-state index contributed by atoms with van der Waals surface area (Å²) in [7, 11) is 0. The van der Waals surface area contributed by atoms with Crippen LogP contribution in [0.2, 0.25) is 0 Å². The number of unbranched alkanes of at least 4 members (excludes halogenated alkanes) is 10. The van der Waals surface area contributed by atoms with Crippen molar-refractivity contribution in [3.8, 4) is 0 Å². The topological polar surface area (TPSA) is 44.8 Å². The molecule has 2 saturated heterocycles. The minimum absolute atomic E-state index is 0.0128. The molecule has 1 unspecified atom stereocenters. The third-order valence-electron chi connectivity index (χ3n) is 6.11. The molecule has 2 aliphatic heterocycles. The zero-order valence-corrected chi connectivity index (χ0v) is 18.1. The van der Waals surface area contributed by atoms with E-state index in [0.29, 0.717) is 12.2 Å². The maximum absolute atomic E-state index is 11.9. The Morgan fingerprint density at radius 2 is 1.61 bits per heavy atom. The molecule has 0 radical (unpaired) electrons. The van der Waals surface area contributed by atoms with Crippen molar-refractivity contribution in [1.29, 1.82) is 0 Å². The summed E-state index contributed by atoms with van der Waals surface area (Å²) in [4.78, 5) is 11.9. The van der Waals surface area contributed by atoms with Gasteiger partial charge >= 0.3 is 5.97 Å². The van der Waals surface area contributed by atoms with E-state index in [1.54, 1.807) is 0 Å². The first-order chi connectivity index (χ1) is 13.7. The molecule has 4 heteroatoms. The highest BCUT2D eigenvalue weighted by Crippen LogP contribution is 2.31. The number of carbonyl (C=O) groups is 1. The molecule has 3 atom stereocenters. The summed E-state index contributed by atoms with van der Waals surface area (Å²) in [6, 6.07) is 0. The molecule has 0 spiro atoms. The van der Waals surface area contributed by atoms with Crippen LogP contribution in [0.5, 0.6) is 0 Å². The number of esters is 1. The molecule has 0 aromatic heterocycles. The van der Waals surface area contributed by atoms with Crippen molar-refractivity contribution in [3.05, 3.63) is 12.2 Å². The second kappa shape index (κ2) is 14.2. The van der Waals surface area contributed by atoms with E-state index in [2.05, 4.69) is 13.5 Å². The quantitative estimate of drug-likeness (QED) is 0.185. The van der Waals surface area contributed by atoms with Crippen LogP contribution in [-0.2, 0) is 19.0 Å². The van der Waals surface area contributed by atoms with Gasteiger partial charge in [-0.05, 0) is 32.1 Å². The number of rotatable bonds is 15. The molecule has 0 amide bonds. The van der Waals surface area contributed by atoms with Crippen LogP contribution in [0, 0.1) is 5.92 Å². The summed E-state index contributed by atoms with van der Waals surface area (Å²) in [6.45, 7) is 7.46. The lowest BCUT2D eigenvalue weighted by molar-refractivity contribution is -0.170. The molecular formula is C24H42O4.